The summed E-state index contributed by atoms with van der Waals surface area (Å²) in [6.07, 6.45) is 3.46. The molecule has 0 amide bonds. The van der Waals surface area contributed by atoms with Crippen molar-refractivity contribution >= 4 is 16.9 Å². The number of rotatable bonds is 7. The molecule has 0 spiro atoms. The average molecular weight is 564 g/mol. The largest absolute Gasteiger partial charge is 0.573 e. The van der Waals surface area contributed by atoms with Gasteiger partial charge in [-0.25, -0.2) is 4.79 Å². The first kappa shape index (κ1) is 34.3. The number of fused-ring (bicyclic) bond motifs is 1. The van der Waals surface area contributed by atoms with Crippen LogP contribution in [-0.4, -0.2) is 40.8 Å². The minimum atomic E-state index is -4.78. The minimum absolute atomic E-state index is 0.269. The minimum Gasteiger partial charge on any atom is -0.478 e. The second kappa shape index (κ2) is 15.2. The maximum atomic E-state index is 12.6. The molecule has 1 aromatic heterocycles. The molecule has 40 heavy (non-hydrogen) atoms. The van der Waals surface area contributed by atoms with Crippen molar-refractivity contribution in [3.05, 3.63) is 72.5 Å². The summed E-state index contributed by atoms with van der Waals surface area (Å²) in [5.41, 5.74) is 1.55. The van der Waals surface area contributed by atoms with E-state index in [0.29, 0.717) is 22.3 Å². The van der Waals surface area contributed by atoms with Crippen molar-refractivity contribution in [1.82, 2.24) is 4.57 Å². The zero-order valence-electron chi connectivity index (χ0n) is 24.6. The van der Waals surface area contributed by atoms with Crippen LogP contribution in [-0.2, 0) is 16.6 Å². The Morgan fingerprint density at radius 1 is 0.975 bits per heavy atom. The summed E-state index contributed by atoms with van der Waals surface area (Å²) < 4.78 is 54.3. The normalized spacial score (nSPS) is 12.5. The van der Waals surface area contributed by atoms with E-state index >= 15 is 0 Å². The van der Waals surface area contributed by atoms with Crippen LogP contribution < -0.4 is 9.47 Å². The molecule has 0 saturated heterocycles. The third-order valence-corrected chi connectivity index (χ3v) is 5.88. The highest BCUT2D eigenvalue weighted by Crippen LogP contribution is 2.38. The molecular weight excluding hydrogens is 523 g/mol. The van der Waals surface area contributed by atoms with Crippen LogP contribution in [0.25, 0.3) is 22.0 Å². The van der Waals surface area contributed by atoms with E-state index < -0.39 is 17.9 Å². The number of benzene rings is 2. The van der Waals surface area contributed by atoms with E-state index in [1.54, 1.807) is 37.4 Å². The summed E-state index contributed by atoms with van der Waals surface area (Å²) >= 11 is 0. The van der Waals surface area contributed by atoms with E-state index in [4.69, 9.17) is 9.47 Å². The van der Waals surface area contributed by atoms with Crippen molar-refractivity contribution in [1.29, 1.82) is 0 Å². The molecule has 0 fully saturated rings. The molecule has 9 heteroatoms. The van der Waals surface area contributed by atoms with Gasteiger partial charge in [-0.15, -0.1) is 13.2 Å². The fraction of sp³-hybridized carbons (Fsp3) is 0.387. The van der Waals surface area contributed by atoms with Crippen molar-refractivity contribution in [3.8, 4) is 22.6 Å². The SMILES string of the molecule is C/C=C/C.C/C=C\C(C)OC.Cc1c(-c2cccc(OC(C)(C)C(=O)O)c2)c2cc(OC(F)(F)F)ccc2n1C. The lowest BCUT2D eigenvalue weighted by molar-refractivity contribution is -0.274. The first-order valence-corrected chi connectivity index (χ1v) is 12.7. The number of carbonyl (C=O) groups is 1. The van der Waals surface area contributed by atoms with Crippen LogP contribution in [0.3, 0.4) is 0 Å². The zero-order chi connectivity index (χ0) is 30.7. The van der Waals surface area contributed by atoms with Crippen LogP contribution >= 0.6 is 0 Å². The van der Waals surface area contributed by atoms with Gasteiger partial charge in [0.05, 0.1) is 6.10 Å². The predicted molar refractivity (Wildman–Crippen MR) is 154 cm³/mol. The first-order valence-electron chi connectivity index (χ1n) is 12.7. The molecule has 2 aromatic carbocycles. The predicted octanol–water partition coefficient (Wildman–Crippen LogP) is 8.47. The van der Waals surface area contributed by atoms with Crippen LogP contribution in [0.15, 0.2) is 66.8 Å². The van der Waals surface area contributed by atoms with E-state index in [2.05, 4.69) is 4.74 Å². The number of aromatic nitrogens is 1. The lowest BCUT2D eigenvalue weighted by Gasteiger charge is -2.21. The summed E-state index contributed by atoms with van der Waals surface area (Å²) in [7, 11) is 3.52. The molecule has 1 atom stereocenters. The number of aryl methyl sites for hydroxylation is 1. The molecule has 6 nitrogen and oxygen atoms in total. The number of alkyl halides is 3. The van der Waals surface area contributed by atoms with E-state index in [9.17, 15) is 23.1 Å². The number of methoxy groups -OCH3 is 1. The molecule has 0 saturated carbocycles. The Morgan fingerprint density at radius 3 is 2.05 bits per heavy atom. The van der Waals surface area contributed by atoms with Crippen molar-refractivity contribution in [2.75, 3.05) is 7.11 Å². The van der Waals surface area contributed by atoms with Crippen LogP contribution in [0.5, 0.6) is 11.5 Å². The number of halogens is 3. The Kier molecular flexibility index (Phi) is 13.0. The summed E-state index contributed by atoms with van der Waals surface area (Å²) in [6.45, 7) is 12.7. The van der Waals surface area contributed by atoms with Gasteiger partial charge in [-0.2, -0.15) is 0 Å². The second-order valence-corrected chi connectivity index (χ2v) is 9.32. The summed E-state index contributed by atoms with van der Waals surface area (Å²) in [5, 5.41) is 9.85. The van der Waals surface area contributed by atoms with E-state index in [0.717, 1.165) is 11.2 Å². The summed E-state index contributed by atoms with van der Waals surface area (Å²) in [5.74, 6) is -1.08. The number of carboxylic acids is 1. The Labute approximate surface area is 234 Å². The molecule has 0 bridgehead atoms. The average Bonchev–Trinajstić information content (AvgIpc) is 3.12. The van der Waals surface area contributed by atoms with E-state index in [1.165, 1.54) is 26.0 Å². The van der Waals surface area contributed by atoms with Gasteiger partial charge in [0.15, 0.2) is 5.60 Å². The van der Waals surface area contributed by atoms with Crippen LogP contribution in [0.4, 0.5) is 13.2 Å². The van der Waals surface area contributed by atoms with Gasteiger partial charge in [-0.3, -0.25) is 0 Å². The standard InChI is InChI=1S/C21H20F3NO4.C6H12O.C4H8/c1-12-18(13-6-5-7-14(10-13)28-20(2,3)19(26)27)16-11-15(29-21(22,23)24)8-9-17(16)25(12)4;1-4-5-6(2)7-3;1-3-4-2/h5-11H,1-4H3,(H,26,27);4-6H,1-3H3;3-4H,1-2H3/b;5-4-;4-3+. The zero-order valence-corrected chi connectivity index (χ0v) is 24.6. The number of allylic oxidation sites excluding steroid dienone is 3. The molecule has 0 aliphatic heterocycles. The highest BCUT2D eigenvalue weighted by Gasteiger charge is 2.32. The van der Waals surface area contributed by atoms with Crippen molar-refractivity contribution in [3.63, 3.8) is 0 Å². The molecule has 1 N–H and O–H groups in total. The number of ether oxygens (including phenoxy) is 3. The molecule has 0 aliphatic carbocycles. The number of hydrogen-bond acceptors (Lipinski definition) is 4. The van der Waals surface area contributed by atoms with Gasteiger partial charge in [0, 0.05) is 36.3 Å². The highest BCUT2D eigenvalue weighted by atomic mass is 19.4. The Balaban J connectivity index is 0.000000617. The molecule has 220 valence electrons. The lowest BCUT2D eigenvalue weighted by atomic mass is 10.0. The number of aliphatic carboxylic acids is 1. The van der Waals surface area contributed by atoms with Crippen LogP contribution in [0, 0.1) is 6.92 Å². The Bertz CT molecular complexity index is 1300. The second-order valence-electron chi connectivity index (χ2n) is 9.32. The molecule has 1 unspecified atom stereocenters. The van der Waals surface area contributed by atoms with Gasteiger partial charge in [-0.1, -0.05) is 36.4 Å². The molecule has 0 aliphatic rings. The van der Waals surface area contributed by atoms with Gasteiger partial charge in [0.25, 0.3) is 0 Å². The fourth-order valence-electron chi connectivity index (χ4n) is 3.52. The lowest BCUT2D eigenvalue weighted by Crippen LogP contribution is -2.37. The van der Waals surface area contributed by atoms with E-state index in [1.807, 2.05) is 70.5 Å². The van der Waals surface area contributed by atoms with Crippen molar-refractivity contribution in [2.45, 2.75) is 66.5 Å². The molecular formula is C31H40F3NO5. The first-order chi connectivity index (χ1) is 18.6. The molecule has 3 rings (SSSR count). The summed E-state index contributed by atoms with van der Waals surface area (Å²) in [6, 6.07) is 11.0. The van der Waals surface area contributed by atoms with Crippen LogP contribution in [0.2, 0.25) is 0 Å². The quantitative estimate of drug-likeness (QED) is 0.292. The van der Waals surface area contributed by atoms with Crippen molar-refractivity contribution < 1.29 is 37.3 Å². The van der Waals surface area contributed by atoms with E-state index in [-0.39, 0.29) is 11.9 Å². The van der Waals surface area contributed by atoms with Gasteiger partial charge >= 0.3 is 12.3 Å². The monoisotopic (exact) mass is 563 g/mol. The van der Waals surface area contributed by atoms with Crippen LogP contribution in [0.1, 0.15) is 47.2 Å². The van der Waals surface area contributed by atoms with Gasteiger partial charge < -0.3 is 23.9 Å². The van der Waals surface area contributed by atoms with Gasteiger partial charge in [-0.05, 0) is 84.4 Å². The topological polar surface area (TPSA) is 69.9 Å². The third-order valence-electron chi connectivity index (χ3n) is 5.88. The van der Waals surface area contributed by atoms with Gasteiger partial charge in [0.2, 0.25) is 0 Å². The van der Waals surface area contributed by atoms with Gasteiger partial charge in [0.1, 0.15) is 11.5 Å². The highest BCUT2D eigenvalue weighted by molar-refractivity contribution is 5.99. The maximum Gasteiger partial charge on any atom is 0.573 e. The molecule has 1 heterocycles. The maximum absolute atomic E-state index is 12.6. The smallest absolute Gasteiger partial charge is 0.478 e. The third kappa shape index (κ3) is 10.1. The number of hydrogen-bond donors (Lipinski definition) is 1. The Hall–Kier alpha value is -3.72. The fourth-order valence-corrected chi connectivity index (χ4v) is 3.52. The Morgan fingerprint density at radius 2 is 1.57 bits per heavy atom. The molecule has 0 radical (unpaired) electrons. The summed E-state index contributed by atoms with van der Waals surface area (Å²) in [4.78, 5) is 11.3. The van der Waals surface area contributed by atoms with Crippen molar-refractivity contribution in [2.24, 2.45) is 7.05 Å². The number of nitrogens with zero attached hydrogens (tertiary/aromatic N) is 1. The number of carboxylic acid groups (broad SMARTS) is 1. The molecule has 3 aromatic rings.